The van der Waals surface area contributed by atoms with Crippen LogP contribution in [0.3, 0.4) is 0 Å². The molecule has 1 aliphatic carbocycles. The van der Waals surface area contributed by atoms with E-state index in [1.165, 1.54) is 30.4 Å². The Morgan fingerprint density at radius 3 is 1.92 bits per heavy atom. The maximum absolute atomic E-state index is 4.30. The van der Waals surface area contributed by atoms with Crippen LogP contribution in [0.1, 0.15) is 17.5 Å². The Bertz CT molecular complexity index is 420. The van der Waals surface area contributed by atoms with E-state index in [0.29, 0.717) is 0 Å². The van der Waals surface area contributed by atoms with E-state index in [4.69, 9.17) is 0 Å². The van der Waals surface area contributed by atoms with Gasteiger partial charge in [0.05, 0.1) is 11.0 Å². The Balaban J connectivity index is 2.36. The molecule has 0 radical (unpaired) electrons. The molecule has 0 saturated heterocycles. The highest BCUT2D eigenvalue weighted by Gasteiger charge is 2.11. The van der Waals surface area contributed by atoms with Crippen LogP contribution in [-0.4, -0.2) is 9.97 Å². The lowest BCUT2D eigenvalue weighted by molar-refractivity contribution is 0.912. The number of aromatic nitrogens is 2. The molecule has 0 spiro atoms. The summed E-state index contributed by atoms with van der Waals surface area (Å²) < 4.78 is 0. The van der Waals surface area contributed by atoms with Crippen LogP contribution in [0.2, 0.25) is 0 Å². The van der Waals surface area contributed by atoms with E-state index in [2.05, 4.69) is 22.1 Å². The third kappa shape index (κ3) is 1.02. The van der Waals surface area contributed by atoms with Gasteiger partial charge in [-0.15, -0.1) is 0 Å². The van der Waals surface area contributed by atoms with E-state index in [1.54, 1.807) is 12.4 Å². The molecule has 13 heavy (non-hydrogen) atoms. The standard InChI is InChI=1S/C11H10N2/c1-2-8-6-10-11(7-9(8)3-1)13-5-4-12-10/h4-7H,1-3H2. The van der Waals surface area contributed by atoms with E-state index in [9.17, 15) is 0 Å². The molecule has 2 aromatic rings. The predicted octanol–water partition coefficient (Wildman–Crippen LogP) is 2.12. The highest BCUT2D eigenvalue weighted by molar-refractivity contribution is 5.76. The van der Waals surface area contributed by atoms with E-state index in [0.717, 1.165) is 11.0 Å². The molecular formula is C11H10N2. The summed E-state index contributed by atoms with van der Waals surface area (Å²) >= 11 is 0. The van der Waals surface area contributed by atoms with Crippen LogP contribution in [0.5, 0.6) is 0 Å². The Labute approximate surface area is 76.6 Å². The van der Waals surface area contributed by atoms with Crippen LogP contribution in [0.25, 0.3) is 11.0 Å². The Hall–Kier alpha value is -1.44. The van der Waals surface area contributed by atoms with Crippen molar-refractivity contribution in [3.63, 3.8) is 0 Å². The van der Waals surface area contributed by atoms with Gasteiger partial charge in [-0.2, -0.15) is 0 Å². The summed E-state index contributed by atoms with van der Waals surface area (Å²) in [5, 5.41) is 0. The first-order valence-electron chi connectivity index (χ1n) is 4.66. The summed E-state index contributed by atoms with van der Waals surface area (Å²) in [6, 6.07) is 4.37. The van der Waals surface area contributed by atoms with Gasteiger partial charge in [-0.25, -0.2) is 0 Å². The van der Waals surface area contributed by atoms with Crippen LogP contribution >= 0.6 is 0 Å². The van der Waals surface area contributed by atoms with Crippen molar-refractivity contribution in [2.24, 2.45) is 0 Å². The van der Waals surface area contributed by atoms with E-state index < -0.39 is 0 Å². The van der Waals surface area contributed by atoms with Gasteiger partial charge >= 0.3 is 0 Å². The minimum Gasteiger partial charge on any atom is -0.253 e. The highest BCUT2D eigenvalue weighted by atomic mass is 14.8. The minimum atomic E-state index is 1.03. The normalized spacial score (nSPS) is 14.8. The van der Waals surface area contributed by atoms with Gasteiger partial charge in [0.1, 0.15) is 0 Å². The van der Waals surface area contributed by atoms with E-state index in [1.807, 2.05) is 0 Å². The fourth-order valence-corrected chi connectivity index (χ4v) is 2.03. The first kappa shape index (κ1) is 7.01. The molecule has 0 bridgehead atoms. The summed E-state index contributed by atoms with van der Waals surface area (Å²) in [5.41, 5.74) is 4.99. The van der Waals surface area contributed by atoms with Gasteiger partial charge in [0.15, 0.2) is 0 Å². The van der Waals surface area contributed by atoms with Crippen molar-refractivity contribution in [3.8, 4) is 0 Å². The summed E-state index contributed by atoms with van der Waals surface area (Å²) in [6.07, 6.45) is 7.21. The van der Waals surface area contributed by atoms with Crippen molar-refractivity contribution in [2.75, 3.05) is 0 Å². The number of rotatable bonds is 0. The smallest absolute Gasteiger partial charge is 0.0889 e. The van der Waals surface area contributed by atoms with Crippen LogP contribution < -0.4 is 0 Å². The lowest BCUT2D eigenvalue weighted by Gasteiger charge is -2.00. The summed E-state index contributed by atoms with van der Waals surface area (Å²) in [7, 11) is 0. The molecule has 0 saturated carbocycles. The largest absolute Gasteiger partial charge is 0.253 e. The lowest BCUT2D eigenvalue weighted by Crippen LogP contribution is -1.87. The van der Waals surface area contributed by atoms with Crippen LogP contribution in [-0.2, 0) is 12.8 Å². The second kappa shape index (κ2) is 2.52. The molecule has 0 fully saturated rings. The Morgan fingerprint density at radius 1 is 0.846 bits per heavy atom. The molecular weight excluding hydrogens is 160 g/mol. The Morgan fingerprint density at radius 2 is 1.38 bits per heavy atom. The maximum atomic E-state index is 4.30. The Kier molecular flexibility index (Phi) is 1.36. The fraction of sp³-hybridized carbons (Fsp3) is 0.273. The molecule has 1 aromatic heterocycles. The van der Waals surface area contributed by atoms with Crippen molar-refractivity contribution in [1.29, 1.82) is 0 Å². The number of hydrogen-bond donors (Lipinski definition) is 0. The predicted molar refractivity (Wildman–Crippen MR) is 51.6 cm³/mol. The quantitative estimate of drug-likeness (QED) is 0.605. The number of benzene rings is 1. The second-order valence-corrected chi connectivity index (χ2v) is 3.52. The first-order valence-corrected chi connectivity index (χ1v) is 4.66. The zero-order valence-corrected chi connectivity index (χ0v) is 7.33. The average Bonchev–Trinajstić information content (AvgIpc) is 2.61. The third-order valence-electron chi connectivity index (χ3n) is 2.68. The molecule has 1 aliphatic rings. The van der Waals surface area contributed by atoms with Gasteiger partial charge in [0, 0.05) is 12.4 Å². The molecule has 2 heteroatoms. The summed E-state index contributed by atoms with van der Waals surface area (Å²) in [6.45, 7) is 0. The van der Waals surface area contributed by atoms with Gasteiger partial charge in [-0.05, 0) is 42.5 Å². The first-order chi connectivity index (χ1) is 6.43. The summed E-state index contributed by atoms with van der Waals surface area (Å²) in [4.78, 5) is 8.59. The van der Waals surface area contributed by atoms with Gasteiger partial charge in [0.25, 0.3) is 0 Å². The minimum absolute atomic E-state index is 1.03. The SMILES string of the molecule is c1cnc2cc3c(cc2n1)CCC3. The maximum Gasteiger partial charge on any atom is 0.0889 e. The molecule has 64 valence electrons. The summed E-state index contributed by atoms with van der Waals surface area (Å²) in [5.74, 6) is 0. The van der Waals surface area contributed by atoms with Crippen molar-refractivity contribution in [2.45, 2.75) is 19.3 Å². The molecule has 1 aromatic carbocycles. The monoisotopic (exact) mass is 170 g/mol. The number of fused-ring (bicyclic) bond motifs is 2. The molecule has 1 heterocycles. The van der Waals surface area contributed by atoms with Crippen LogP contribution in [0, 0.1) is 0 Å². The van der Waals surface area contributed by atoms with E-state index in [-0.39, 0.29) is 0 Å². The van der Waals surface area contributed by atoms with Crippen LogP contribution in [0.4, 0.5) is 0 Å². The van der Waals surface area contributed by atoms with Crippen molar-refractivity contribution < 1.29 is 0 Å². The highest BCUT2D eigenvalue weighted by Crippen LogP contribution is 2.25. The van der Waals surface area contributed by atoms with Crippen LogP contribution in [0.15, 0.2) is 24.5 Å². The molecule has 0 atom stereocenters. The number of hydrogen-bond acceptors (Lipinski definition) is 2. The second-order valence-electron chi connectivity index (χ2n) is 3.52. The van der Waals surface area contributed by atoms with Gasteiger partial charge in [-0.1, -0.05) is 0 Å². The van der Waals surface area contributed by atoms with Crippen molar-refractivity contribution in [1.82, 2.24) is 9.97 Å². The lowest BCUT2D eigenvalue weighted by atomic mass is 10.1. The topological polar surface area (TPSA) is 25.8 Å². The third-order valence-corrected chi connectivity index (χ3v) is 2.68. The molecule has 2 nitrogen and oxygen atoms in total. The van der Waals surface area contributed by atoms with Gasteiger partial charge in [-0.3, -0.25) is 9.97 Å². The number of aryl methyl sites for hydroxylation is 2. The molecule has 0 N–H and O–H groups in total. The van der Waals surface area contributed by atoms with E-state index >= 15 is 0 Å². The van der Waals surface area contributed by atoms with Crippen molar-refractivity contribution in [3.05, 3.63) is 35.7 Å². The van der Waals surface area contributed by atoms with Gasteiger partial charge in [0.2, 0.25) is 0 Å². The molecule has 0 amide bonds. The molecule has 0 aliphatic heterocycles. The van der Waals surface area contributed by atoms with Crippen molar-refractivity contribution >= 4 is 11.0 Å². The zero-order valence-electron chi connectivity index (χ0n) is 7.33. The molecule has 0 unspecified atom stereocenters. The number of nitrogens with zero attached hydrogens (tertiary/aromatic N) is 2. The molecule has 3 rings (SSSR count). The average molecular weight is 170 g/mol. The van der Waals surface area contributed by atoms with Gasteiger partial charge < -0.3 is 0 Å². The zero-order chi connectivity index (χ0) is 8.67. The fourth-order valence-electron chi connectivity index (χ4n) is 2.03.